The number of aliphatic carboxylic acids is 1. The highest BCUT2D eigenvalue weighted by Crippen LogP contribution is 2.13. The van der Waals surface area contributed by atoms with Crippen molar-refractivity contribution in [1.82, 2.24) is 20.1 Å². The van der Waals surface area contributed by atoms with Gasteiger partial charge in [0.1, 0.15) is 11.6 Å². The van der Waals surface area contributed by atoms with E-state index in [4.69, 9.17) is 5.11 Å². The van der Waals surface area contributed by atoms with Gasteiger partial charge in [-0.3, -0.25) is 10.1 Å². The van der Waals surface area contributed by atoms with Crippen LogP contribution in [0.25, 0.3) is 0 Å². The molecule has 0 radical (unpaired) electrons. The van der Waals surface area contributed by atoms with Crippen LogP contribution in [-0.2, 0) is 24.3 Å². The van der Waals surface area contributed by atoms with Gasteiger partial charge in [0.25, 0.3) is 0 Å². The van der Waals surface area contributed by atoms with Gasteiger partial charge in [-0.15, -0.1) is 10.2 Å². The molecule has 0 bridgehead atoms. The molecule has 82 valence electrons. The SMILES string of the molecule is O=C(O)CNCc1nnc2n1CCCC2. The molecule has 0 unspecified atom stereocenters. The van der Waals surface area contributed by atoms with Gasteiger partial charge in [0.05, 0.1) is 13.1 Å². The highest BCUT2D eigenvalue weighted by atomic mass is 16.4. The number of nitrogens with zero attached hydrogens (tertiary/aromatic N) is 3. The fraction of sp³-hybridized carbons (Fsp3) is 0.667. The molecule has 15 heavy (non-hydrogen) atoms. The summed E-state index contributed by atoms with van der Waals surface area (Å²) >= 11 is 0. The van der Waals surface area contributed by atoms with Crippen molar-refractivity contribution in [3.8, 4) is 0 Å². The molecule has 1 aromatic heterocycles. The van der Waals surface area contributed by atoms with Gasteiger partial charge in [0, 0.05) is 13.0 Å². The molecule has 1 aromatic rings. The number of rotatable bonds is 4. The third-order valence-electron chi connectivity index (χ3n) is 2.50. The van der Waals surface area contributed by atoms with Gasteiger partial charge in [0.2, 0.25) is 0 Å². The number of carboxylic acids is 1. The Labute approximate surface area is 87.3 Å². The summed E-state index contributed by atoms with van der Waals surface area (Å²) in [6, 6.07) is 0. The quantitative estimate of drug-likeness (QED) is 0.718. The zero-order valence-electron chi connectivity index (χ0n) is 8.44. The number of aryl methyl sites for hydroxylation is 1. The summed E-state index contributed by atoms with van der Waals surface area (Å²) in [5.74, 6) is 1.01. The molecule has 2 rings (SSSR count). The maximum absolute atomic E-state index is 10.3. The van der Waals surface area contributed by atoms with Crippen LogP contribution >= 0.6 is 0 Å². The molecule has 0 saturated heterocycles. The third-order valence-corrected chi connectivity index (χ3v) is 2.50. The van der Waals surface area contributed by atoms with E-state index in [2.05, 4.69) is 20.1 Å². The summed E-state index contributed by atoms with van der Waals surface area (Å²) in [7, 11) is 0. The highest BCUT2D eigenvalue weighted by molar-refractivity contribution is 5.68. The van der Waals surface area contributed by atoms with E-state index in [9.17, 15) is 4.79 Å². The van der Waals surface area contributed by atoms with Gasteiger partial charge in [-0.2, -0.15) is 0 Å². The first-order valence-corrected chi connectivity index (χ1v) is 5.11. The van der Waals surface area contributed by atoms with Crippen molar-refractivity contribution in [2.24, 2.45) is 0 Å². The molecule has 0 aromatic carbocycles. The standard InChI is InChI=1S/C9H14N4O2/c14-9(15)6-10-5-8-12-11-7-3-1-2-4-13(7)8/h10H,1-6H2,(H,14,15). The average molecular weight is 210 g/mol. The summed E-state index contributed by atoms with van der Waals surface area (Å²) in [5.41, 5.74) is 0. The lowest BCUT2D eigenvalue weighted by Crippen LogP contribution is -2.24. The molecular formula is C9H14N4O2. The second kappa shape index (κ2) is 4.39. The number of nitrogens with one attached hydrogen (secondary N) is 1. The van der Waals surface area contributed by atoms with Crippen LogP contribution in [0, 0.1) is 0 Å². The van der Waals surface area contributed by atoms with Crippen LogP contribution in [0.4, 0.5) is 0 Å². The van der Waals surface area contributed by atoms with Gasteiger partial charge in [-0.05, 0) is 12.8 Å². The van der Waals surface area contributed by atoms with Crippen LogP contribution in [-0.4, -0.2) is 32.4 Å². The number of hydrogen-bond acceptors (Lipinski definition) is 4. The van der Waals surface area contributed by atoms with Crippen LogP contribution in [0.15, 0.2) is 0 Å². The van der Waals surface area contributed by atoms with Gasteiger partial charge in [-0.1, -0.05) is 0 Å². The molecule has 2 N–H and O–H groups in total. The Kier molecular flexibility index (Phi) is 2.96. The zero-order valence-corrected chi connectivity index (χ0v) is 8.44. The average Bonchev–Trinajstić information content (AvgIpc) is 2.62. The predicted molar refractivity (Wildman–Crippen MR) is 52.3 cm³/mol. The van der Waals surface area contributed by atoms with E-state index in [0.29, 0.717) is 6.54 Å². The molecule has 0 saturated carbocycles. The molecule has 0 fully saturated rings. The molecule has 6 nitrogen and oxygen atoms in total. The highest BCUT2D eigenvalue weighted by Gasteiger charge is 2.15. The maximum atomic E-state index is 10.3. The minimum atomic E-state index is -0.853. The van der Waals surface area contributed by atoms with Crippen LogP contribution in [0.5, 0.6) is 0 Å². The molecule has 0 aliphatic carbocycles. The van der Waals surface area contributed by atoms with E-state index < -0.39 is 5.97 Å². The third kappa shape index (κ3) is 2.33. The normalized spacial score (nSPS) is 14.9. The van der Waals surface area contributed by atoms with Crippen molar-refractivity contribution in [3.05, 3.63) is 11.6 Å². The van der Waals surface area contributed by atoms with Crippen molar-refractivity contribution >= 4 is 5.97 Å². The maximum Gasteiger partial charge on any atom is 0.317 e. The molecular weight excluding hydrogens is 196 g/mol. The van der Waals surface area contributed by atoms with Crippen molar-refractivity contribution in [3.63, 3.8) is 0 Å². The predicted octanol–water partition coefficient (Wildman–Crippen LogP) is -0.211. The van der Waals surface area contributed by atoms with Crippen LogP contribution in [0.2, 0.25) is 0 Å². The lowest BCUT2D eigenvalue weighted by Gasteiger charge is -2.14. The molecule has 0 amide bonds. The van der Waals surface area contributed by atoms with Crippen LogP contribution in [0.1, 0.15) is 24.5 Å². The Morgan fingerprint density at radius 1 is 1.47 bits per heavy atom. The monoisotopic (exact) mass is 210 g/mol. The second-order valence-electron chi connectivity index (χ2n) is 3.64. The van der Waals surface area contributed by atoms with E-state index in [1.807, 2.05) is 0 Å². The molecule has 0 atom stereocenters. The van der Waals surface area contributed by atoms with Crippen molar-refractivity contribution in [2.45, 2.75) is 32.4 Å². The smallest absolute Gasteiger partial charge is 0.317 e. The summed E-state index contributed by atoms with van der Waals surface area (Å²) in [4.78, 5) is 10.3. The summed E-state index contributed by atoms with van der Waals surface area (Å²) in [6.45, 7) is 1.38. The number of carbonyl (C=O) groups is 1. The fourth-order valence-corrected chi connectivity index (χ4v) is 1.78. The van der Waals surface area contributed by atoms with Crippen LogP contribution in [0.3, 0.4) is 0 Å². The first-order chi connectivity index (χ1) is 7.27. The lowest BCUT2D eigenvalue weighted by atomic mass is 10.2. The van der Waals surface area contributed by atoms with E-state index in [1.54, 1.807) is 0 Å². The Bertz CT molecular complexity index is 361. The van der Waals surface area contributed by atoms with Gasteiger partial charge in [0.15, 0.2) is 0 Å². The molecule has 6 heteroatoms. The van der Waals surface area contributed by atoms with E-state index in [-0.39, 0.29) is 6.54 Å². The van der Waals surface area contributed by atoms with Crippen molar-refractivity contribution in [2.75, 3.05) is 6.54 Å². The largest absolute Gasteiger partial charge is 0.480 e. The Balaban J connectivity index is 1.96. The topological polar surface area (TPSA) is 80.0 Å². The van der Waals surface area contributed by atoms with E-state index in [1.165, 1.54) is 6.42 Å². The van der Waals surface area contributed by atoms with Crippen molar-refractivity contribution < 1.29 is 9.90 Å². The minimum Gasteiger partial charge on any atom is -0.480 e. The van der Waals surface area contributed by atoms with Crippen molar-refractivity contribution in [1.29, 1.82) is 0 Å². The van der Waals surface area contributed by atoms with Crippen LogP contribution < -0.4 is 5.32 Å². The number of carboxylic acid groups (broad SMARTS) is 1. The zero-order chi connectivity index (χ0) is 10.7. The first kappa shape index (κ1) is 10.1. The lowest BCUT2D eigenvalue weighted by molar-refractivity contribution is -0.136. The Hall–Kier alpha value is -1.43. The molecule has 2 heterocycles. The molecule has 0 spiro atoms. The number of aromatic nitrogens is 3. The van der Waals surface area contributed by atoms with Gasteiger partial charge >= 0.3 is 5.97 Å². The Morgan fingerprint density at radius 2 is 2.33 bits per heavy atom. The summed E-state index contributed by atoms with van der Waals surface area (Å²) in [6.07, 6.45) is 3.30. The Morgan fingerprint density at radius 3 is 3.13 bits per heavy atom. The summed E-state index contributed by atoms with van der Waals surface area (Å²) in [5, 5.41) is 19.4. The summed E-state index contributed by atoms with van der Waals surface area (Å²) < 4.78 is 2.08. The minimum absolute atomic E-state index is 0.0395. The molecule has 1 aliphatic rings. The van der Waals surface area contributed by atoms with Gasteiger partial charge in [-0.25, -0.2) is 0 Å². The number of hydrogen-bond donors (Lipinski definition) is 2. The number of fused-ring (bicyclic) bond motifs is 1. The second-order valence-corrected chi connectivity index (χ2v) is 3.64. The van der Waals surface area contributed by atoms with Gasteiger partial charge < -0.3 is 9.67 Å². The fourth-order valence-electron chi connectivity index (χ4n) is 1.78. The molecule has 1 aliphatic heterocycles. The van der Waals surface area contributed by atoms with E-state index in [0.717, 1.165) is 31.0 Å². The van der Waals surface area contributed by atoms with E-state index >= 15 is 0 Å². The first-order valence-electron chi connectivity index (χ1n) is 5.11.